The van der Waals surface area contributed by atoms with Gasteiger partial charge in [0.05, 0.1) is 4.92 Å². The van der Waals surface area contributed by atoms with Crippen molar-refractivity contribution in [2.24, 2.45) is 0 Å². The maximum Gasteiger partial charge on any atom is 0.269 e. The molecule has 140 valence electrons. The number of aryl methyl sites for hydroxylation is 1. The highest BCUT2D eigenvalue weighted by atomic mass is 35.5. The summed E-state index contributed by atoms with van der Waals surface area (Å²) in [6.07, 6.45) is 2.75. The fraction of sp³-hybridized carbons (Fsp3) is 0.368. The summed E-state index contributed by atoms with van der Waals surface area (Å²) in [5, 5.41) is 11.5. The Labute approximate surface area is 164 Å². The molecule has 1 aliphatic carbocycles. The number of rotatable bonds is 4. The molecule has 0 saturated carbocycles. The highest BCUT2D eigenvalue weighted by Crippen LogP contribution is 2.35. The summed E-state index contributed by atoms with van der Waals surface area (Å²) in [5.74, 6) is 0.626. The van der Waals surface area contributed by atoms with Gasteiger partial charge in [-0.15, -0.1) is 12.4 Å². The molecule has 0 N–H and O–H groups in total. The summed E-state index contributed by atoms with van der Waals surface area (Å²) in [6.45, 7) is 0. The molecule has 2 atom stereocenters. The van der Waals surface area contributed by atoms with E-state index in [2.05, 4.69) is 25.1 Å². The lowest BCUT2D eigenvalue weighted by molar-refractivity contribution is -0.384. The minimum Gasteiger partial charge on any atom is -0.486 e. The van der Waals surface area contributed by atoms with Crippen molar-refractivity contribution >= 4 is 29.7 Å². The molecule has 0 amide bonds. The van der Waals surface area contributed by atoms with Crippen LogP contribution in [0.5, 0.6) is 5.75 Å². The average Bonchev–Trinajstić information content (AvgIpc) is 2.75. The van der Waals surface area contributed by atoms with Crippen LogP contribution in [-0.2, 0) is 6.42 Å². The summed E-state index contributed by atoms with van der Waals surface area (Å²) in [7, 11) is 4.16. The van der Waals surface area contributed by atoms with Gasteiger partial charge in [0.1, 0.15) is 11.9 Å². The van der Waals surface area contributed by atoms with Crippen molar-refractivity contribution in [1.82, 2.24) is 4.90 Å². The molecule has 2 aromatic rings. The summed E-state index contributed by atoms with van der Waals surface area (Å²) in [4.78, 5) is 12.6. The van der Waals surface area contributed by atoms with Crippen molar-refractivity contribution in [3.8, 4) is 5.75 Å². The summed E-state index contributed by atoms with van der Waals surface area (Å²) < 4.78 is 6.22. The van der Waals surface area contributed by atoms with Gasteiger partial charge in [-0.25, -0.2) is 0 Å². The number of fused-ring (bicyclic) bond motifs is 1. The highest BCUT2D eigenvalue weighted by molar-refractivity contribution is 6.30. The van der Waals surface area contributed by atoms with E-state index < -0.39 is 4.92 Å². The smallest absolute Gasteiger partial charge is 0.269 e. The van der Waals surface area contributed by atoms with E-state index in [1.54, 1.807) is 12.1 Å². The lowest BCUT2D eigenvalue weighted by atomic mass is 10.0. The molecule has 3 rings (SSSR count). The van der Waals surface area contributed by atoms with Gasteiger partial charge in [-0.05, 0) is 62.3 Å². The molecule has 5 nitrogen and oxygen atoms in total. The van der Waals surface area contributed by atoms with Crippen LogP contribution in [0.2, 0.25) is 5.02 Å². The van der Waals surface area contributed by atoms with E-state index in [1.807, 2.05) is 12.1 Å². The second-order valence-electron chi connectivity index (χ2n) is 6.59. The molecule has 0 heterocycles. The third-order valence-electron chi connectivity index (χ3n) is 4.74. The van der Waals surface area contributed by atoms with Crippen LogP contribution in [0.3, 0.4) is 0 Å². The molecule has 0 aromatic heterocycles. The largest absolute Gasteiger partial charge is 0.486 e. The third kappa shape index (κ3) is 4.67. The standard InChI is InChI=1S/C19H21ClN2O3.ClH/c1-21(2)16-6-4-13-3-5-14(20)11-18(13)19(12-16)25-17-9-7-15(8-10-17)22(23)24;/h3,5,7-11,16,19H,4,6,12H2,1-2H3;1H/t16-,19+;/m0./s1. The molecule has 7 heteroatoms. The minimum atomic E-state index is -0.410. The molecule has 0 fully saturated rings. The van der Waals surface area contributed by atoms with E-state index in [4.69, 9.17) is 16.3 Å². The van der Waals surface area contributed by atoms with Crippen molar-refractivity contribution in [1.29, 1.82) is 0 Å². The Hall–Kier alpha value is -1.82. The maximum absolute atomic E-state index is 10.8. The topological polar surface area (TPSA) is 55.6 Å². The van der Waals surface area contributed by atoms with Crippen molar-refractivity contribution < 1.29 is 9.66 Å². The normalized spacial score (nSPS) is 19.2. The predicted molar refractivity (Wildman–Crippen MR) is 106 cm³/mol. The molecule has 2 aromatic carbocycles. The van der Waals surface area contributed by atoms with Crippen LogP contribution in [0, 0.1) is 10.1 Å². The Morgan fingerprint density at radius 2 is 1.88 bits per heavy atom. The first-order valence-corrected chi connectivity index (χ1v) is 8.67. The Morgan fingerprint density at radius 3 is 2.50 bits per heavy atom. The number of hydrogen-bond donors (Lipinski definition) is 0. The van der Waals surface area contributed by atoms with Gasteiger partial charge in [-0.2, -0.15) is 0 Å². The quantitative estimate of drug-likeness (QED) is 0.411. The number of benzene rings is 2. The van der Waals surface area contributed by atoms with Crippen LogP contribution in [-0.4, -0.2) is 30.0 Å². The predicted octanol–water partition coefficient (Wildman–Crippen LogP) is 5.06. The number of nitro benzene ring substituents is 1. The summed E-state index contributed by atoms with van der Waals surface area (Å²) >= 11 is 6.21. The van der Waals surface area contributed by atoms with Gasteiger partial charge in [0.25, 0.3) is 5.69 Å². The van der Waals surface area contributed by atoms with Gasteiger partial charge in [-0.1, -0.05) is 17.7 Å². The Kier molecular flexibility index (Phi) is 6.87. The Morgan fingerprint density at radius 1 is 1.19 bits per heavy atom. The van der Waals surface area contributed by atoms with Crippen LogP contribution in [0.1, 0.15) is 30.1 Å². The first-order valence-electron chi connectivity index (χ1n) is 8.30. The van der Waals surface area contributed by atoms with Crippen molar-refractivity contribution in [3.05, 3.63) is 68.7 Å². The number of halogens is 2. The van der Waals surface area contributed by atoms with Gasteiger partial charge < -0.3 is 9.64 Å². The first kappa shape index (κ1) is 20.5. The molecule has 26 heavy (non-hydrogen) atoms. The second kappa shape index (κ2) is 8.71. The fourth-order valence-electron chi connectivity index (χ4n) is 3.30. The zero-order chi connectivity index (χ0) is 18.0. The van der Waals surface area contributed by atoms with Crippen LogP contribution in [0.25, 0.3) is 0 Å². The molecule has 0 radical (unpaired) electrons. The van der Waals surface area contributed by atoms with E-state index in [0.29, 0.717) is 16.8 Å². The molecular weight excluding hydrogens is 375 g/mol. The Bertz CT molecular complexity index is 766. The second-order valence-corrected chi connectivity index (χ2v) is 7.03. The number of hydrogen-bond acceptors (Lipinski definition) is 4. The molecule has 1 aliphatic rings. The lowest BCUT2D eigenvalue weighted by Gasteiger charge is -2.27. The van der Waals surface area contributed by atoms with E-state index in [1.165, 1.54) is 17.7 Å². The number of non-ortho nitro benzene ring substituents is 1. The van der Waals surface area contributed by atoms with Crippen molar-refractivity contribution in [2.45, 2.75) is 31.4 Å². The average molecular weight is 397 g/mol. The number of nitrogens with zero attached hydrogens (tertiary/aromatic N) is 2. The molecular formula is C19H22Cl2N2O3. The maximum atomic E-state index is 10.8. The zero-order valence-corrected chi connectivity index (χ0v) is 16.3. The lowest BCUT2D eigenvalue weighted by Crippen LogP contribution is -2.30. The van der Waals surface area contributed by atoms with Gasteiger partial charge in [0.2, 0.25) is 0 Å². The highest BCUT2D eigenvalue weighted by Gasteiger charge is 2.27. The van der Waals surface area contributed by atoms with Gasteiger partial charge >= 0.3 is 0 Å². The first-order chi connectivity index (χ1) is 11.9. The molecule has 0 bridgehead atoms. The molecule has 0 spiro atoms. The zero-order valence-electron chi connectivity index (χ0n) is 14.7. The summed E-state index contributed by atoms with van der Waals surface area (Å²) in [5.41, 5.74) is 2.42. The monoisotopic (exact) mass is 396 g/mol. The van der Waals surface area contributed by atoms with Gasteiger partial charge in [-0.3, -0.25) is 10.1 Å². The van der Waals surface area contributed by atoms with E-state index >= 15 is 0 Å². The third-order valence-corrected chi connectivity index (χ3v) is 4.98. The van der Waals surface area contributed by atoms with Gasteiger partial charge in [0, 0.05) is 29.6 Å². The molecule has 0 aliphatic heterocycles. The van der Waals surface area contributed by atoms with Crippen LogP contribution in [0.4, 0.5) is 5.69 Å². The van der Waals surface area contributed by atoms with Crippen LogP contribution >= 0.6 is 24.0 Å². The SMILES string of the molecule is CN(C)[C@H]1CCc2ccc(Cl)cc2[C@H](Oc2ccc([N+](=O)[O-])cc2)C1.Cl. The van der Waals surface area contributed by atoms with Crippen molar-refractivity contribution in [3.63, 3.8) is 0 Å². The van der Waals surface area contributed by atoms with Gasteiger partial charge in [0.15, 0.2) is 0 Å². The minimum absolute atomic E-state index is 0. The van der Waals surface area contributed by atoms with E-state index in [9.17, 15) is 10.1 Å². The van der Waals surface area contributed by atoms with Crippen LogP contribution in [0.15, 0.2) is 42.5 Å². The van der Waals surface area contributed by atoms with E-state index in [-0.39, 0.29) is 24.2 Å². The number of nitro groups is 1. The fourth-order valence-corrected chi connectivity index (χ4v) is 3.48. The molecule has 0 saturated heterocycles. The van der Waals surface area contributed by atoms with E-state index in [0.717, 1.165) is 24.8 Å². The van der Waals surface area contributed by atoms with Crippen LogP contribution < -0.4 is 4.74 Å². The van der Waals surface area contributed by atoms with Crippen molar-refractivity contribution in [2.75, 3.05) is 14.1 Å². The molecule has 0 unspecified atom stereocenters. The number of ether oxygens (including phenoxy) is 1. The summed E-state index contributed by atoms with van der Waals surface area (Å²) in [6, 6.07) is 12.6. The Balaban J connectivity index is 0.00000243.